The molecule has 2 heteroatoms. The van der Waals surface area contributed by atoms with Crippen molar-refractivity contribution in [1.29, 1.82) is 0 Å². The van der Waals surface area contributed by atoms with E-state index >= 15 is 0 Å². The molecule has 3 aromatic carbocycles. The van der Waals surface area contributed by atoms with Gasteiger partial charge in [0.25, 0.3) is 5.91 Å². The summed E-state index contributed by atoms with van der Waals surface area (Å²) in [5.41, 5.74) is 6.24. The van der Waals surface area contributed by atoms with E-state index in [0.29, 0.717) is 17.4 Å². The van der Waals surface area contributed by atoms with Crippen LogP contribution in [0, 0.1) is 0 Å². The molecule has 0 bridgehead atoms. The van der Waals surface area contributed by atoms with Crippen molar-refractivity contribution >= 4 is 11.6 Å². The molecule has 0 aliphatic rings. The van der Waals surface area contributed by atoms with E-state index in [4.69, 9.17) is 0 Å². The highest BCUT2D eigenvalue weighted by Crippen LogP contribution is 2.32. The van der Waals surface area contributed by atoms with E-state index in [1.165, 1.54) is 11.1 Å². The lowest BCUT2D eigenvalue weighted by atomic mass is 9.92. The minimum absolute atomic E-state index is 0.0652. The van der Waals surface area contributed by atoms with Crippen LogP contribution >= 0.6 is 0 Å². The third-order valence-corrected chi connectivity index (χ3v) is 4.87. The van der Waals surface area contributed by atoms with Gasteiger partial charge in [0, 0.05) is 11.3 Å². The molecule has 0 atom stereocenters. The van der Waals surface area contributed by atoms with Crippen molar-refractivity contribution in [2.24, 2.45) is 0 Å². The molecule has 0 saturated heterocycles. The number of carbonyl (C=O) groups is 1. The summed E-state index contributed by atoms with van der Waals surface area (Å²) in [6, 6.07) is 24.3. The third-order valence-electron chi connectivity index (χ3n) is 4.87. The zero-order chi connectivity index (χ0) is 19.4. The minimum atomic E-state index is -0.0652. The monoisotopic (exact) mass is 357 g/mol. The van der Waals surface area contributed by atoms with Crippen LogP contribution in [-0.4, -0.2) is 5.91 Å². The molecule has 1 N–H and O–H groups in total. The van der Waals surface area contributed by atoms with Crippen molar-refractivity contribution in [3.05, 3.63) is 89.5 Å². The maximum Gasteiger partial charge on any atom is 0.255 e. The van der Waals surface area contributed by atoms with Gasteiger partial charge in [0.1, 0.15) is 0 Å². The normalized spacial score (nSPS) is 11.0. The Kier molecular flexibility index (Phi) is 5.75. The Morgan fingerprint density at radius 1 is 0.667 bits per heavy atom. The van der Waals surface area contributed by atoms with Crippen molar-refractivity contribution in [2.45, 2.75) is 39.5 Å². The molecule has 0 aromatic heterocycles. The second-order valence-corrected chi connectivity index (χ2v) is 7.52. The smallest absolute Gasteiger partial charge is 0.255 e. The van der Waals surface area contributed by atoms with Gasteiger partial charge in [-0.05, 0) is 46.2 Å². The number of nitrogens with one attached hydrogen (secondary N) is 1. The van der Waals surface area contributed by atoms with Gasteiger partial charge in [-0.15, -0.1) is 0 Å². The van der Waals surface area contributed by atoms with Gasteiger partial charge in [0.15, 0.2) is 0 Å². The zero-order valence-corrected chi connectivity index (χ0v) is 16.5. The molecular weight excluding hydrogens is 330 g/mol. The van der Waals surface area contributed by atoms with E-state index in [-0.39, 0.29) is 5.91 Å². The molecule has 3 rings (SSSR count). The maximum atomic E-state index is 12.9. The quantitative estimate of drug-likeness (QED) is 0.531. The fourth-order valence-corrected chi connectivity index (χ4v) is 3.33. The van der Waals surface area contributed by atoms with E-state index in [0.717, 1.165) is 16.8 Å². The summed E-state index contributed by atoms with van der Waals surface area (Å²) in [7, 11) is 0. The SMILES string of the molecule is CC(C)c1cccc(C(C)C)c1NC(=O)c1ccc(-c2ccccc2)cc1. The summed E-state index contributed by atoms with van der Waals surface area (Å²) in [5, 5.41) is 3.18. The van der Waals surface area contributed by atoms with E-state index in [2.05, 4.69) is 63.3 Å². The zero-order valence-electron chi connectivity index (χ0n) is 16.5. The van der Waals surface area contributed by atoms with Gasteiger partial charge in [-0.2, -0.15) is 0 Å². The average Bonchev–Trinajstić information content (AvgIpc) is 2.68. The maximum absolute atomic E-state index is 12.9. The molecule has 0 fully saturated rings. The van der Waals surface area contributed by atoms with E-state index in [1.54, 1.807) is 0 Å². The average molecular weight is 357 g/mol. The largest absolute Gasteiger partial charge is 0.321 e. The topological polar surface area (TPSA) is 29.1 Å². The molecule has 0 heterocycles. The van der Waals surface area contributed by atoms with Gasteiger partial charge in [0.05, 0.1) is 0 Å². The number of amides is 1. The Balaban J connectivity index is 1.88. The number of rotatable bonds is 5. The Morgan fingerprint density at radius 3 is 1.70 bits per heavy atom. The van der Waals surface area contributed by atoms with Crippen LogP contribution < -0.4 is 5.32 Å². The van der Waals surface area contributed by atoms with Crippen LogP contribution in [0.15, 0.2) is 72.8 Å². The summed E-state index contributed by atoms with van der Waals surface area (Å²) in [4.78, 5) is 12.9. The molecule has 2 nitrogen and oxygen atoms in total. The van der Waals surface area contributed by atoms with E-state index < -0.39 is 0 Å². The predicted octanol–water partition coefficient (Wildman–Crippen LogP) is 6.85. The fourth-order valence-electron chi connectivity index (χ4n) is 3.33. The second-order valence-electron chi connectivity index (χ2n) is 7.52. The number of para-hydroxylation sites is 1. The Labute approximate surface area is 162 Å². The number of anilines is 1. The lowest BCUT2D eigenvalue weighted by Gasteiger charge is -2.20. The third kappa shape index (κ3) is 4.28. The summed E-state index contributed by atoms with van der Waals surface area (Å²) >= 11 is 0. The van der Waals surface area contributed by atoms with Crippen LogP contribution in [0.4, 0.5) is 5.69 Å². The van der Waals surface area contributed by atoms with Crippen LogP contribution in [0.1, 0.15) is 61.0 Å². The highest BCUT2D eigenvalue weighted by Gasteiger charge is 2.16. The van der Waals surface area contributed by atoms with Crippen LogP contribution in [0.5, 0.6) is 0 Å². The lowest BCUT2D eigenvalue weighted by molar-refractivity contribution is 0.102. The van der Waals surface area contributed by atoms with Gasteiger partial charge < -0.3 is 5.32 Å². The number of carbonyl (C=O) groups excluding carboxylic acids is 1. The molecule has 0 saturated carbocycles. The van der Waals surface area contributed by atoms with Gasteiger partial charge in [-0.25, -0.2) is 0 Å². The van der Waals surface area contributed by atoms with Crippen LogP contribution in [0.3, 0.4) is 0 Å². The van der Waals surface area contributed by atoms with Gasteiger partial charge >= 0.3 is 0 Å². The van der Waals surface area contributed by atoms with Crippen molar-refractivity contribution < 1.29 is 4.79 Å². The van der Waals surface area contributed by atoms with Crippen LogP contribution in [0.25, 0.3) is 11.1 Å². The summed E-state index contributed by atoms with van der Waals surface area (Å²) in [6.07, 6.45) is 0. The summed E-state index contributed by atoms with van der Waals surface area (Å²) in [5.74, 6) is 0.628. The molecule has 0 aliphatic carbocycles. The molecule has 0 aliphatic heterocycles. The second kappa shape index (κ2) is 8.22. The lowest BCUT2D eigenvalue weighted by Crippen LogP contribution is -2.15. The standard InChI is InChI=1S/C25H27NO/c1-17(2)22-11-8-12-23(18(3)4)24(22)26-25(27)21-15-13-20(14-16-21)19-9-6-5-7-10-19/h5-18H,1-4H3,(H,26,27). The minimum Gasteiger partial charge on any atom is -0.321 e. The van der Waals surface area contributed by atoms with Crippen molar-refractivity contribution in [3.63, 3.8) is 0 Å². The van der Waals surface area contributed by atoms with E-state index in [1.807, 2.05) is 42.5 Å². The number of benzene rings is 3. The first kappa shape index (κ1) is 18.9. The Morgan fingerprint density at radius 2 is 1.19 bits per heavy atom. The Hall–Kier alpha value is -2.87. The first-order valence-electron chi connectivity index (χ1n) is 9.57. The van der Waals surface area contributed by atoms with Crippen molar-refractivity contribution in [3.8, 4) is 11.1 Å². The first-order valence-corrected chi connectivity index (χ1v) is 9.57. The van der Waals surface area contributed by atoms with E-state index in [9.17, 15) is 4.79 Å². The Bertz CT molecular complexity index is 883. The molecule has 0 unspecified atom stereocenters. The molecule has 0 spiro atoms. The molecule has 27 heavy (non-hydrogen) atoms. The molecule has 0 radical (unpaired) electrons. The van der Waals surface area contributed by atoms with Crippen LogP contribution in [-0.2, 0) is 0 Å². The highest BCUT2D eigenvalue weighted by molar-refractivity contribution is 6.05. The van der Waals surface area contributed by atoms with Crippen LogP contribution in [0.2, 0.25) is 0 Å². The predicted molar refractivity (Wildman–Crippen MR) is 114 cm³/mol. The van der Waals surface area contributed by atoms with Gasteiger partial charge in [-0.3, -0.25) is 4.79 Å². The fraction of sp³-hybridized carbons (Fsp3) is 0.240. The van der Waals surface area contributed by atoms with Gasteiger partial charge in [-0.1, -0.05) is 88.4 Å². The van der Waals surface area contributed by atoms with Crippen molar-refractivity contribution in [1.82, 2.24) is 0 Å². The summed E-state index contributed by atoms with van der Waals surface area (Å²) in [6.45, 7) is 8.63. The number of hydrogen-bond acceptors (Lipinski definition) is 1. The summed E-state index contributed by atoms with van der Waals surface area (Å²) < 4.78 is 0. The van der Waals surface area contributed by atoms with Gasteiger partial charge in [0.2, 0.25) is 0 Å². The molecule has 3 aromatic rings. The molecule has 138 valence electrons. The van der Waals surface area contributed by atoms with Crippen molar-refractivity contribution in [2.75, 3.05) is 5.32 Å². The highest BCUT2D eigenvalue weighted by atomic mass is 16.1. The first-order chi connectivity index (χ1) is 13.0. The molecular formula is C25H27NO. The number of hydrogen-bond donors (Lipinski definition) is 1. The molecule has 1 amide bonds.